The highest BCUT2D eigenvalue weighted by molar-refractivity contribution is 5.80. The van der Waals surface area contributed by atoms with E-state index < -0.39 is 0 Å². The molecule has 0 amide bonds. The maximum absolute atomic E-state index is 6.12. The van der Waals surface area contributed by atoms with Crippen molar-refractivity contribution in [1.82, 2.24) is 9.88 Å². The molecule has 0 bridgehead atoms. The van der Waals surface area contributed by atoms with Gasteiger partial charge in [0.15, 0.2) is 0 Å². The molecular formula is C21H22N2O. The highest BCUT2D eigenvalue weighted by atomic mass is 16.5. The number of ether oxygens (including phenoxy) is 1. The van der Waals surface area contributed by atoms with E-state index in [1.54, 1.807) is 0 Å². The Morgan fingerprint density at radius 3 is 2.79 bits per heavy atom. The summed E-state index contributed by atoms with van der Waals surface area (Å²) in [5, 5.41) is 1.18. The number of pyridine rings is 1. The third-order valence-electron chi connectivity index (χ3n) is 4.48. The molecule has 2 heterocycles. The predicted molar refractivity (Wildman–Crippen MR) is 97.1 cm³/mol. The monoisotopic (exact) mass is 318 g/mol. The van der Waals surface area contributed by atoms with Gasteiger partial charge in [0.1, 0.15) is 6.10 Å². The first-order valence-electron chi connectivity index (χ1n) is 8.50. The van der Waals surface area contributed by atoms with E-state index in [1.807, 2.05) is 0 Å². The van der Waals surface area contributed by atoms with Gasteiger partial charge in [-0.3, -0.25) is 4.90 Å². The molecule has 3 heteroatoms. The number of nitrogens with zero attached hydrogens (tertiary/aromatic N) is 2. The molecule has 2 aromatic carbocycles. The molecule has 0 N–H and O–H groups in total. The second-order valence-electron chi connectivity index (χ2n) is 6.73. The van der Waals surface area contributed by atoms with Gasteiger partial charge in [-0.15, -0.1) is 0 Å². The van der Waals surface area contributed by atoms with Gasteiger partial charge in [-0.1, -0.05) is 42.5 Å². The van der Waals surface area contributed by atoms with Crippen molar-refractivity contribution in [2.24, 2.45) is 0 Å². The van der Waals surface area contributed by atoms with Crippen LogP contribution in [0.3, 0.4) is 0 Å². The molecule has 122 valence electrons. The Morgan fingerprint density at radius 2 is 1.96 bits per heavy atom. The lowest BCUT2D eigenvalue weighted by molar-refractivity contribution is 0.153. The van der Waals surface area contributed by atoms with E-state index in [4.69, 9.17) is 9.72 Å². The van der Waals surface area contributed by atoms with E-state index >= 15 is 0 Å². The van der Waals surface area contributed by atoms with Crippen LogP contribution in [0.4, 0.5) is 0 Å². The lowest BCUT2D eigenvalue weighted by Crippen LogP contribution is -2.30. The molecule has 0 aliphatic carbocycles. The van der Waals surface area contributed by atoms with Gasteiger partial charge in [-0.25, -0.2) is 4.98 Å². The van der Waals surface area contributed by atoms with E-state index in [1.165, 1.54) is 22.1 Å². The Hall–Kier alpha value is -2.39. The molecule has 24 heavy (non-hydrogen) atoms. The van der Waals surface area contributed by atoms with E-state index in [2.05, 4.69) is 73.3 Å². The predicted octanol–water partition coefficient (Wildman–Crippen LogP) is 4.33. The largest absolute Gasteiger partial charge is 0.473 e. The molecule has 1 aliphatic rings. The summed E-state index contributed by atoms with van der Waals surface area (Å²) in [6, 6.07) is 19.2. The van der Waals surface area contributed by atoms with Gasteiger partial charge >= 0.3 is 0 Å². The molecule has 3 nitrogen and oxygen atoms in total. The minimum absolute atomic E-state index is 0.129. The smallest absolute Gasteiger partial charge is 0.218 e. The van der Waals surface area contributed by atoms with Gasteiger partial charge in [-0.05, 0) is 37.1 Å². The summed E-state index contributed by atoms with van der Waals surface area (Å²) in [6.45, 7) is 6.92. The molecular weight excluding hydrogens is 296 g/mol. The number of aryl methyl sites for hydroxylation is 1. The summed E-state index contributed by atoms with van der Waals surface area (Å²) in [6.07, 6.45) is 0.129. The fourth-order valence-corrected chi connectivity index (χ4v) is 3.38. The van der Waals surface area contributed by atoms with E-state index in [-0.39, 0.29) is 6.10 Å². The van der Waals surface area contributed by atoms with Crippen molar-refractivity contribution in [2.75, 3.05) is 6.54 Å². The van der Waals surface area contributed by atoms with Gasteiger partial charge < -0.3 is 4.74 Å². The SMILES string of the molecule is Cc1ccc2cc3c(nc2c1)O[C@H](C)CN(Cc1ccccc1)C3. The summed E-state index contributed by atoms with van der Waals surface area (Å²) in [5.41, 5.74) is 4.74. The number of hydrogen-bond donors (Lipinski definition) is 0. The van der Waals surface area contributed by atoms with Crippen LogP contribution in [0.2, 0.25) is 0 Å². The maximum atomic E-state index is 6.12. The van der Waals surface area contributed by atoms with Crippen LogP contribution < -0.4 is 4.74 Å². The molecule has 3 aromatic rings. The second-order valence-corrected chi connectivity index (χ2v) is 6.73. The topological polar surface area (TPSA) is 25.4 Å². The van der Waals surface area contributed by atoms with Crippen molar-refractivity contribution in [3.63, 3.8) is 0 Å². The Bertz CT molecular complexity index is 860. The van der Waals surface area contributed by atoms with E-state index in [9.17, 15) is 0 Å². The van der Waals surface area contributed by atoms with Gasteiger partial charge in [0.2, 0.25) is 5.88 Å². The zero-order valence-electron chi connectivity index (χ0n) is 14.2. The lowest BCUT2D eigenvalue weighted by Gasteiger charge is -2.21. The van der Waals surface area contributed by atoms with Crippen molar-refractivity contribution in [3.8, 4) is 5.88 Å². The molecule has 0 fully saturated rings. The Morgan fingerprint density at radius 1 is 1.12 bits per heavy atom. The molecule has 1 atom stereocenters. The average molecular weight is 318 g/mol. The van der Waals surface area contributed by atoms with Crippen LogP contribution in [-0.4, -0.2) is 22.5 Å². The van der Waals surface area contributed by atoms with Crippen LogP contribution in [0, 0.1) is 6.92 Å². The Kier molecular flexibility index (Phi) is 3.95. The maximum Gasteiger partial charge on any atom is 0.218 e. The standard InChI is InChI=1S/C21H22N2O/c1-15-8-9-18-11-19-14-23(13-17-6-4-3-5-7-17)12-16(2)24-21(19)22-20(18)10-15/h3-11,16H,12-14H2,1-2H3/t16-/m1/s1. The first-order chi connectivity index (χ1) is 11.7. The van der Waals surface area contributed by atoms with Crippen LogP contribution >= 0.6 is 0 Å². The summed E-state index contributed by atoms with van der Waals surface area (Å²) >= 11 is 0. The summed E-state index contributed by atoms with van der Waals surface area (Å²) in [7, 11) is 0. The van der Waals surface area contributed by atoms with Crippen LogP contribution in [0.5, 0.6) is 5.88 Å². The second kappa shape index (κ2) is 6.25. The number of aromatic nitrogens is 1. The van der Waals surface area contributed by atoms with E-state index in [0.717, 1.165) is 31.0 Å². The summed E-state index contributed by atoms with van der Waals surface area (Å²) in [4.78, 5) is 7.22. The highest BCUT2D eigenvalue weighted by Crippen LogP contribution is 2.28. The van der Waals surface area contributed by atoms with Crippen molar-refractivity contribution in [2.45, 2.75) is 33.0 Å². The molecule has 0 saturated carbocycles. The molecule has 4 rings (SSSR count). The lowest BCUT2D eigenvalue weighted by atomic mass is 10.1. The van der Waals surface area contributed by atoms with Crippen molar-refractivity contribution in [3.05, 3.63) is 71.3 Å². The van der Waals surface area contributed by atoms with Crippen molar-refractivity contribution < 1.29 is 4.74 Å². The van der Waals surface area contributed by atoms with Gasteiger partial charge in [-0.2, -0.15) is 0 Å². The van der Waals surface area contributed by atoms with Gasteiger partial charge in [0.05, 0.1) is 5.52 Å². The normalized spacial score (nSPS) is 18.0. The number of rotatable bonds is 2. The average Bonchev–Trinajstić information content (AvgIpc) is 2.70. The Balaban J connectivity index is 1.68. The quantitative estimate of drug-likeness (QED) is 0.703. The minimum Gasteiger partial charge on any atom is -0.473 e. The van der Waals surface area contributed by atoms with Crippen molar-refractivity contribution >= 4 is 10.9 Å². The first-order valence-corrected chi connectivity index (χ1v) is 8.50. The van der Waals surface area contributed by atoms with Gasteiger partial charge in [0.25, 0.3) is 0 Å². The zero-order chi connectivity index (χ0) is 16.5. The molecule has 1 aromatic heterocycles. The molecule has 0 spiro atoms. The summed E-state index contributed by atoms with van der Waals surface area (Å²) < 4.78 is 6.12. The molecule has 0 saturated heterocycles. The van der Waals surface area contributed by atoms with Crippen LogP contribution in [0.1, 0.15) is 23.6 Å². The van der Waals surface area contributed by atoms with Crippen LogP contribution in [-0.2, 0) is 13.1 Å². The number of benzene rings is 2. The van der Waals surface area contributed by atoms with E-state index in [0.29, 0.717) is 0 Å². The fraction of sp³-hybridized carbons (Fsp3) is 0.286. The van der Waals surface area contributed by atoms with Gasteiger partial charge in [0, 0.05) is 30.6 Å². The fourth-order valence-electron chi connectivity index (χ4n) is 3.38. The minimum atomic E-state index is 0.129. The third kappa shape index (κ3) is 3.13. The third-order valence-corrected chi connectivity index (χ3v) is 4.48. The molecule has 1 aliphatic heterocycles. The zero-order valence-corrected chi connectivity index (χ0v) is 14.2. The highest BCUT2D eigenvalue weighted by Gasteiger charge is 2.21. The molecule has 0 radical (unpaired) electrons. The first kappa shape index (κ1) is 15.2. The summed E-state index contributed by atoms with van der Waals surface area (Å²) in [5.74, 6) is 0.788. The van der Waals surface area contributed by atoms with Crippen molar-refractivity contribution in [1.29, 1.82) is 0 Å². The van der Waals surface area contributed by atoms with Crippen LogP contribution in [0.25, 0.3) is 10.9 Å². The van der Waals surface area contributed by atoms with Crippen LogP contribution in [0.15, 0.2) is 54.6 Å². The molecule has 0 unspecified atom stereocenters. The number of fused-ring (bicyclic) bond motifs is 2. The Labute approximate surface area is 142 Å². The number of hydrogen-bond acceptors (Lipinski definition) is 3.